The molecule has 0 bridgehead atoms. The molecule has 1 aromatic carbocycles. The van der Waals surface area contributed by atoms with Gasteiger partial charge in [0.2, 0.25) is 0 Å². The number of nitro groups is 1. The fourth-order valence-corrected chi connectivity index (χ4v) is 2.24. The van der Waals surface area contributed by atoms with Crippen molar-refractivity contribution in [2.75, 3.05) is 0 Å². The van der Waals surface area contributed by atoms with E-state index in [2.05, 4.69) is 5.10 Å². The summed E-state index contributed by atoms with van der Waals surface area (Å²) >= 11 is 0. The molecule has 0 spiro atoms. The van der Waals surface area contributed by atoms with E-state index >= 15 is 0 Å². The van der Waals surface area contributed by atoms with Gasteiger partial charge in [0.25, 0.3) is 5.69 Å². The molecule has 0 aliphatic heterocycles. The molecule has 0 saturated carbocycles. The molecule has 0 aliphatic carbocycles. The number of aromatic nitrogens is 2. The molecule has 1 aromatic heterocycles. The number of nitro benzene ring substituents is 1. The van der Waals surface area contributed by atoms with Gasteiger partial charge in [0, 0.05) is 18.1 Å². The predicted octanol–water partition coefficient (Wildman–Crippen LogP) is 1.80. The van der Waals surface area contributed by atoms with E-state index in [9.17, 15) is 24.4 Å². The van der Waals surface area contributed by atoms with E-state index in [0.717, 1.165) is 17.1 Å². The van der Waals surface area contributed by atoms with Crippen LogP contribution in [0.15, 0.2) is 30.6 Å². The lowest BCUT2D eigenvalue weighted by Crippen LogP contribution is -2.40. The Hall–Kier alpha value is -2.61. The van der Waals surface area contributed by atoms with Gasteiger partial charge < -0.3 is 5.11 Å². The number of carbonyl (C=O) groups is 1. The highest BCUT2D eigenvalue weighted by molar-refractivity contribution is 5.88. The maximum absolute atomic E-state index is 12.9. The highest BCUT2D eigenvalue weighted by atomic mass is 19.1. The van der Waals surface area contributed by atoms with Gasteiger partial charge in [0.1, 0.15) is 5.60 Å². The first-order chi connectivity index (χ1) is 10.7. The molecule has 0 unspecified atom stereocenters. The van der Waals surface area contributed by atoms with Crippen LogP contribution in [0.3, 0.4) is 0 Å². The Morgan fingerprint density at radius 1 is 1.52 bits per heavy atom. The van der Waals surface area contributed by atoms with Crippen LogP contribution >= 0.6 is 0 Å². The van der Waals surface area contributed by atoms with Gasteiger partial charge in [-0.25, -0.2) is 4.39 Å². The smallest absolute Gasteiger partial charge is 0.272 e. The largest absolute Gasteiger partial charge is 0.380 e. The van der Waals surface area contributed by atoms with Crippen molar-refractivity contribution in [1.29, 1.82) is 0 Å². The lowest BCUT2D eigenvalue weighted by Gasteiger charge is -2.21. The summed E-state index contributed by atoms with van der Waals surface area (Å²) in [5.41, 5.74) is -0.757. The fraction of sp³-hybridized carbons (Fsp3) is 0.333. The first-order valence-corrected chi connectivity index (χ1v) is 6.86. The molecule has 23 heavy (non-hydrogen) atoms. The molecule has 1 atom stereocenters. The van der Waals surface area contributed by atoms with Crippen LogP contribution in [-0.4, -0.2) is 31.2 Å². The molecule has 8 heteroatoms. The lowest BCUT2D eigenvalue weighted by molar-refractivity contribution is -0.385. The van der Waals surface area contributed by atoms with Crippen molar-refractivity contribution in [3.63, 3.8) is 0 Å². The van der Waals surface area contributed by atoms with Crippen LogP contribution in [0.4, 0.5) is 10.1 Å². The summed E-state index contributed by atoms with van der Waals surface area (Å²) in [7, 11) is 0. The maximum atomic E-state index is 12.9. The summed E-state index contributed by atoms with van der Waals surface area (Å²) < 4.78 is 14.0. The predicted molar refractivity (Wildman–Crippen MR) is 79.4 cm³/mol. The summed E-state index contributed by atoms with van der Waals surface area (Å²) in [6.07, 6.45) is 1.98. The zero-order chi connectivity index (χ0) is 17.2. The van der Waals surface area contributed by atoms with E-state index in [1.165, 1.54) is 19.1 Å². The molecule has 2 rings (SSSR count). The van der Waals surface area contributed by atoms with Crippen molar-refractivity contribution in [2.45, 2.75) is 32.4 Å². The first kappa shape index (κ1) is 16.8. The second kappa shape index (κ2) is 6.25. The number of hydrogen-bond acceptors (Lipinski definition) is 5. The summed E-state index contributed by atoms with van der Waals surface area (Å²) in [6, 6.07) is 4.35. The van der Waals surface area contributed by atoms with Crippen LogP contribution in [0, 0.1) is 22.9 Å². The number of benzene rings is 1. The average Bonchev–Trinajstić information content (AvgIpc) is 2.82. The summed E-state index contributed by atoms with van der Waals surface area (Å²) in [6.45, 7) is 2.73. The van der Waals surface area contributed by atoms with Crippen molar-refractivity contribution >= 4 is 11.5 Å². The number of Topliss-reactive ketones (excluding diaryl/α,β-unsaturated/α-hetero) is 1. The summed E-state index contributed by atoms with van der Waals surface area (Å²) in [4.78, 5) is 22.5. The number of nitrogens with zero attached hydrogens (tertiary/aromatic N) is 3. The van der Waals surface area contributed by atoms with Gasteiger partial charge in [-0.2, -0.15) is 5.10 Å². The quantitative estimate of drug-likeness (QED) is 0.646. The molecular formula is C15H16FN3O4. The molecule has 122 valence electrons. The molecule has 0 radical (unpaired) electrons. The molecule has 0 amide bonds. The van der Waals surface area contributed by atoms with E-state index in [1.54, 1.807) is 13.0 Å². The Morgan fingerprint density at radius 3 is 2.74 bits per heavy atom. The molecule has 0 aliphatic rings. The number of carbonyl (C=O) groups excluding carboxylic acids is 1. The number of aryl methyl sites for hydroxylation is 1. The minimum atomic E-state index is -1.73. The third-order valence-corrected chi connectivity index (χ3v) is 3.49. The zero-order valence-electron chi connectivity index (χ0n) is 12.7. The van der Waals surface area contributed by atoms with Gasteiger partial charge in [0.15, 0.2) is 11.6 Å². The van der Waals surface area contributed by atoms with Gasteiger partial charge in [-0.3, -0.25) is 19.6 Å². The molecule has 2 aromatic rings. The van der Waals surface area contributed by atoms with Crippen molar-refractivity contribution in [3.05, 3.63) is 57.7 Å². The Kier molecular flexibility index (Phi) is 4.55. The number of hydrogen-bond donors (Lipinski definition) is 1. The third kappa shape index (κ3) is 3.98. The van der Waals surface area contributed by atoms with Gasteiger partial charge in [-0.05, 0) is 25.5 Å². The van der Waals surface area contributed by atoms with Crippen LogP contribution < -0.4 is 0 Å². The van der Waals surface area contributed by atoms with Crippen LogP contribution in [0.5, 0.6) is 0 Å². The Bertz CT molecular complexity index is 755. The Balaban J connectivity index is 2.11. The number of aliphatic hydroxyl groups is 1. The normalized spacial score (nSPS) is 13.6. The topological polar surface area (TPSA) is 98.3 Å². The SMILES string of the molecule is Cc1cc(CC(=O)[C@@](C)(O)Cn2cc(F)cn2)ccc1[N+](=O)[O-]. The fourth-order valence-electron chi connectivity index (χ4n) is 2.24. The minimum Gasteiger partial charge on any atom is -0.380 e. The monoisotopic (exact) mass is 321 g/mol. The van der Waals surface area contributed by atoms with Gasteiger partial charge in [-0.15, -0.1) is 0 Å². The van der Waals surface area contributed by atoms with Crippen LogP contribution in [0.25, 0.3) is 0 Å². The number of rotatable bonds is 6. The first-order valence-electron chi connectivity index (χ1n) is 6.86. The highest BCUT2D eigenvalue weighted by Crippen LogP contribution is 2.20. The lowest BCUT2D eigenvalue weighted by atomic mass is 9.94. The van der Waals surface area contributed by atoms with Crippen LogP contribution in [0.1, 0.15) is 18.1 Å². The minimum absolute atomic E-state index is 0.0278. The molecule has 0 fully saturated rings. The standard InChI is InChI=1S/C15H16FN3O4/c1-10-5-11(3-4-13(10)19(22)23)6-14(20)15(2,21)9-18-8-12(16)7-17-18/h3-5,7-8,21H,6,9H2,1-2H3/t15-/m0/s1. The summed E-state index contributed by atoms with van der Waals surface area (Å²) in [5, 5.41) is 24.7. The van der Waals surface area contributed by atoms with Crippen molar-refractivity contribution in [1.82, 2.24) is 9.78 Å². The maximum Gasteiger partial charge on any atom is 0.272 e. The second-order valence-corrected chi connectivity index (χ2v) is 5.61. The van der Waals surface area contributed by atoms with E-state index in [1.807, 2.05) is 0 Å². The third-order valence-electron chi connectivity index (χ3n) is 3.49. The van der Waals surface area contributed by atoms with Crippen molar-refractivity contribution in [2.24, 2.45) is 0 Å². The highest BCUT2D eigenvalue weighted by Gasteiger charge is 2.31. The van der Waals surface area contributed by atoms with Gasteiger partial charge in [-0.1, -0.05) is 6.07 Å². The van der Waals surface area contributed by atoms with Crippen LogP contribution in [-0.2, 0) is 17.8 Å². The van der Waals surface area contributed by atoms with E-state index in [4.69, 9.17) is 0 Å². The van der Waals surface area contributed by atoms with E-state index < -0.39 is 22.1 Å². The Labute approximate surface area is 131 Å². The Morgan fingerprint density at radius 2 is 2.22 bits per heavy atom. The molecular weight excluding hydrogens is 305 g/mol. The molecule has 7 nitrogen and oxygen atoms in total. The van der Waals surface area contributed by atoms with Crippen molar-refractivity contribution < 1.29 is 19.2 Å². The average molecular weight is 321 g/mol. The molecule has 1 heterocycles. The summed E-state index contributed by atoms with van der Waals surface area (Å²) in [5.74, 6) is -1.04. The molecule has 0 saturated heterocycles. The number of ketones is 1. The van der Waals surface area contributed by atoms with E-state index in [-0.39, 0.29) is 18.7 Å². The zero-order valence-corrected chi connectivity index (χ0v) is 12.7. The molecule has 1 N–H and O–H groups in total. The van der Waals surface area contributed by atoms with Crippen molar-refractivity contribution in [3.8, 4) is 0 Å². The second-order valence-electron chi connectivity index (χ2n) is 5.61. The van der Waals surface area contributed by atoms with Gasteiger partial charge in [0.05, 0.1) is 23.9 Å². The van der Waals surface area contributed by atoms with E-state index in [0.29, 0.717) is 11.1 Å². The number of halogens is 1. The van der Waals surface area contributed by atoms with Crippen LogP contribution in [0.2, 0.25) is 0 Å². The van der Waals surface area contributed by atoms with Gasteiger partial charge >= 0.3 is 0 Å².